The lowest BCUT2D eigenvalue weighted by Crippen LogP contribution is -2.02. The highest BCUT2D eigenvalue weighted by Gasteiger charge is 2.13. The number of nitrogens with one attached hydrogen (secondary N) is 1. The van der Waals surface area contributed by atoms with Gasteiger partial charge in [0.2, 0.25) is 0 Å². The van der Waals surface area contributed by atoms with Crippen LogP contribution in [-0.2, 0) is 6.42 Å². The molecule has 106 valence electrons. The van der Waals surface area contributed by atoms with Crippen LogP contribution < -0.4 is 0 Å². The third-order valence-electron chi connectivity index (χ3n) is 3.29. The standard InChI is InChI=1S/C16H10BrCl2NO/c17-10-2-3-11-12(8-20-15(11)7-10)16(21)6-9-1-4-13(18)14(19)5-9/h1-5,7-8,20H,6H2. The second-order valence-corrected chi connectivity index (χ2v) is 6.47. The maximum Gasteiger partial charge on any atom is 0.169 e. The van der Waals surface area contributed by atoms with E-state index in [0.29, 0.717) is 22.0 Å². The van der Waals surface area contributed by atoms with Crippen molar-refractivity contribution in [3.05, 3.63) is 68.2 Å². The SMILES string of the molecule is O=C(Cc1ccc(Cl)c(Cl)c1)c1c[nH]c2cc(Br)ccc12. The summed E-state index contributed by atoms with van der Waals surface area (Å²) in [6.07, 6.45) is 2.04. The Hall–Kier alpha value is -1.29. The number of rotatable bonds is 3. The number of Topliss-reactive ketones (excluding diaryl/α,β-unsaturated/α-hetero) is 1. The molecule has 3 rings (SSSR count). The zero-order valence-electron chi connectivity index (χ0n) is 10.8. The molecule has 0 fully saturated rings. The minimum atomic E-state index is 0.0435. The molecule has 0 amide bonds. The molecule has 0 bridgehead atoms. The molecule has 0 radical (unpaired) electrons. The number of aromatic nitrogens is 1. The van der Waals surface area contributed by atoms with Crippen LogP contribution in [0.5, 0.6) is 0 Å². The Labute approximate surface area is 140 Å². The summed E-state index contributed by atoms with van der Waals surface area (Å²) in [5.41, 5.74) is 2.46. The largest absolute Gasteiger partial charge is 0.360 e. The summed E-state index contributed by atoms with van der Waals surface area (Å²) < 4.78 is 0.973. The summed E-state index contributed by atoms with van der Waals surface area (Å²) in [7, 11) is 0. The molecule has 0 unspecified atom stereocenters. The average Bonchev–Trinajstić information content (AvgIpc) is 2.85. The summed E-state index contributed by atoms with van der Waals surface area (Å²) in [6.45, 7) is 0. The fourth-order valence-electron chi connectivity index (χ4n) is 2.26. The van der Waals surface area contributed by atoms with Crippen molar-refractivity contribution < 1.29 is 4.79 Å². The molecule has 1 heterocycles. The molecule has 0 atom stereocenters. The van der Waals surface area contributed by atoms with E-state index >= 15 is 0 Å². The Morgan fingerprint density at radius 1 is 1.10 bits per heavy atom. The van der Waals surface area contributed by atoms with Crippen LogP contribution in [0, 0.1) is 0 Å². The van der Waals surface area contributed by atoms with E-state index in [1.54, 1.807) is 18.3 Å². The third kappa shape index (κ3) is 3.00. The third-order valence-corrected chi connectivity index (χ3v) is 4.53. The second kappa shape index (κ2) is 5.84. The second-order valence-electron chi connectivity index (χ2n) is 4.74. The fraction of sp³-hybridized carbons (Fsp3) is 0.0625. The monoisotopic (exact) mass is 381 g/mol. The molecule has 2 nitrogen and oxygen atoms in total. The normalized spacial score (nSPS) is 11.0. The quantitative estimate of drug-likeness (QED) is 0.582. The molecule has 0 aliphatic carbocycles. The van der Waals surface area contributed by atoms with Gasteiger partial charge < -0.3 is 4.98 Å². The van der Waals surface area contributed by atoms with Gasteiger partial charge in [0.1, 0.15) is 0 Å². The number of hydrogen-bond acceptors (Lipinski definition) is 1. The van der Waals surface area contributed by atoms with E-state index in [1.807, 2.05) is 24.3 Å². The van der Waals surface area contributed by atoms with Crippen LogP contribution in [0.15, 0.2) is 47.1 Å². The molecular formula is C16H10BrCl2NO. The van der Waals surface area contributed by atoms with Crippen molar-refractivity contribution in [1.82, 2.24) is 4.98 Å². The minimum absolute atomic E-state index is 0.0435. The van der Waals surface area contributed by atoms with E-state index in [2.05, 4.69) is 20.9 Å². The smallest absolute Gasteiger partial charge is 0.169 e. The molecule has 2 aromatic carbocycles. The van der Waals surface area contributed by atoms with Crippen LogP contribution in [0.1, 0.15) is 15.9 Å². The molecule has 0 spiro atoms. The molecule has 0 aliphatic heterocycles. The van der Waals surface area contributed by atoms with Gasteiger partial charge in [-0.2, -0.15) is 0 Å². The van der Waals surface area contributed by atoms with E-state index in [9.17, 15) is 4.79 Å². The van der Waals surface area contributed by atoms with Crippen LogP contribution in [0.25, 0.3) is 10.9 Å². The van der Waals surface area contributed by atoms with Gasteiger partial charge in [-0.15, -0.1) is 0 Å². The molecular weight excluding hydrogens is 373 g/mol. The van der Waals surface area contributed by atoms with Crippen molar-refractivity contribution in [3.8, 4) is 0 Å². The summed E-state index contributed by atoms with van der Waals surface area (Å²) >= 11 is 15.3. The van der Waals surface area contributed by atoms with Crippen molar-refractivity contribution in [2.24, 2.45) is 0 Å². The first-order valence-corrected chi connectivity index (χ1v) is 7.83. The fourth-order valence-corrected chi connectivity index (χ4v) is 2.94. The Kier molecular flexibility index (Phi) is 4.07. The van der Waals surface area contributed by atoms with E-state index in [4.69, 9.17) is 23.2 Å². The van der Waals surface area contributed by atoms with Crippen LogP contribution in [0.3, 0.4) is 0 Å². The highest BCUT2D eigenvalue weighted by molar-refractivity contribution is 9.10. The van der Waals surface area contributed by atoms with Gasteiger partial charge in [-0.3, -0.25) is 4.79 Å². The molecule has 3 aromatic rings. The average molecular weight is 383 g/mol. The van der Waals surface area contributed by atoms with Crippen LogP contribution >= 0.6 is 39.1 Å². The van der Waals surface area contributed by atoms with Crippen molar-refractivity contribution in [3.63, 3.8) is 0 Å². The van der Waals surface area contributed by atoms with Crippen LogP contribution in [-0.4, -0.2) is 10.8 Å². The number of carbonyl (C=O) groups is 1. The molecule has 0 aliphatic rings. The van der Waals surface area contributed by atoms with Gasteiger partial charge in [0.25, 0.3) is 0 Å². The van der Waals surface area contributed by atoms with Gasteiger partial charge in [-0.1, -0.05) is 51.3 Å². The van der Waals surface area contributed by atoms with E-state index in [0.717, 1.165) is 20.9 Å². The predicted octanol–water partition coefficient (Wildman–Crippen LogP) is 5.66. The predicted molar refractivity (Wildman–Crippen MR) is 90.5 cm³/mol. The maximum absolute atomic E-state index is 12.5. The number of ketones is 1. The summed E-state index contributed by atoms with van der Waals surface area (Å²) in [5, 5.41) is 1.87. The van der Waals surface area contributed by atoms with E-state index < -0.39 is 0 Å². The highest BCUT2D eigenvalue weighted by atomic mass is 79.9. The molecule has 0 saturated carbocycles. The molecule has 1 aromatic heterocycles. The first-order chi connectivity index (χ1) is 10.0. The van der Waals surface area contributed by atoms with Crippen molar-refractivity contribution in [1.29, 1.82) is 0 Å². The number of fused-ring (bicyclic) bond motifs is 1. The maximum atomic E-state index is 12.5. The van der Waals surface area contributed by atoms with Crippen molar-refractivity contribution >= 4 is 55.8 Å². The first kappa shape index (κ1) is 14.6. The Bertz CT molecular complexity index is 841. The van der Waals surface area contributed by atoms with Crippen molar-refractivity contribution in [2.75, 3.05) is 0 Å². The van der Waals surface area contributed by atoms with Gasteiger partial charge in [-0.25, -0.2) is 0 Å². The number of hydrogen-bond donors (Lipinski definition) is 1. The first-order valence-electron chi connectivity index (χ1n) is 6.28. The topological polar surface area (TPSA) is 32.9 Å². The lowest BCUT2D eigenvalue weighted by Gasteiger charge is -2.03. The lowest BCUT2D eigenvalue weighted by atomic mass is 10.0. The number of carbonyl (C=O) groups excluding carboxylic acids is 1. The molecule has 21 heavy (non-hydrogen) atoms. The Morgan fingerprint density at radius 2 is 1.90 bits per heavy atom. The van der Waals surface area contributed by atoms with Gasteiger partial charge in [0.15, 0.2) is 5.78 Å². The van der Waals surface area contributed by atoms with Gasteiger partial charge in [-0.05, 0) is 29.8 Å². The number of H-pyrrole nitrogens is 1. The number of aromatic amines is 1. The van der Waals surface area contributed by atoms with Crippen LogP contribution in [0.2, 0.25) is 10.0 Å². The highest BCUT2D eigenvalue weighted by Crippen LogP contribution is 2.26. The molecule has 1 N–H and O–H groups in total. The van der Waals surface area contributed by atoms with Gasteiger partial charge in [0.05, 0.1) is 10.0 Å². The van der Waals surface area contributed by atoms with Gasteiger partial charge >= 0.3 is 0 Å². The summed E-state index contributed by atoms with van der Waals surface area (Å²) in [5.74, 6) is 0.0435. The minimum Gasteiger partial charge on any atom is -0.360 e. The number of halogens is 3. The van der Waals surface area contributed by atoms with E-state index in [-0.39, 0.29) is 5.78 Å². The Balaban J connectivity index is 1.91. The van der Waals surface area contributed by atoms with Crippen LogP contribution in [0.4, 0.5) is 0 Å². The molecule has 5 heteroatoms. The van der Waals surface area contributed by atoms with Gasteiger partial charge in [0, 0.05) is 33.6 Å². The molecule has 0 saturated heterocycles. The summed E-state index contributed by atoms with van der Waals surface area (Å²) in [6, 6.07) is 11.1. The number of benzene rings is 2. The Morgan fingerprint density at radius 3 is 2.67 bits per heavy atom. The summed E-state index contributed by atoms with van der Waals surface area (Å²) in [4.78, 5) is 15.6. The van der Waals surface area contributed by atoms with Crippen molar-refractivity contribution in [2.45, 2.75) is 6.42 Å². The van der Waals surface area contributed by atoms with E-state index in [1.165, 1.54) is 0 Å². The lowest BCUT2D eigenvalue weighted by molar-refractivity contribution is 0.0994. The zero-order chi connectivity index (χ0) is 15.0. The zero-order valence-corrected chi connectivity index (χ0v) is 13.9.